The number of aliphatic hydroxyl groups is 1. The Kier molecular flexibility index (Phi) is 3.71. The van der Waals surface area contributed by atoms with Crippen LogP contribution in [0.25, 0.3) is 11.0 Å². The Bertz CT molecular complexity index is 942. The first-order valence-corrected chi connectivity index (χ1v) is 7.05. The van der Waals surface area contributed by atoms with E-state index in [0.717, 1.165) is 5.52 Å². The van der Waals surface area contributed by atoms with Gasteiger partial charge in [0.05, 0.1) is 28.6 Å². The lowest BCUT2D eigenvalue weighted by molar-refractivity contribution is -0.385. The summed E-state index contributed by atoms with van der Waals surface area (Å²) in [5.41, 5.74) is 1.55. The summed E-state index contributed by atoms with van der Waals surface area (Å²) < 4.78 is 2.98. The van der Waals surface area contributed by atoms with Crippen LogP contribution in [0.3, 0.4) is 0 Å². The van der Waals surface area contributed by atoms with Gasteiger partial charge in [0.1, 0.15) is 0 Å². The Morgan fingerprint density at radius 2 is 1.87 bits per heavy atom. The van der Waals surface area contributed by atoms with Gasteiger partial charge in [-0.15, -0.1) is 0 Å². The molecule has 0 saturated heterocycles. The molecular weight excluding hydrogens is 298 g/mol. The molecule has 0 bridgehead atoms. The van der Waals surface area contributed by atoms with E-state index in [1.165, 1.54) is 27.3 Å². The fourth-order valence-electron chi connectivity index (χ4n) is 2.66. The van der Waals surface area contributed by atoms with Crippen LogP contribution in [0.15, 0.2) is 53.3 Å². The van der Waals surface area contributed by atoms with Crippen molar-refractivity contribution in [2.24, 2.45) is 7.05 Å². The molecule has 0 aliphatic rings. The summed E-state index contributed by atoms with van der Waals surface area (Å²) in [5.74, 6) is 0. The Hall–Kier alpha value is -2.93. The zero-order valence-electron chi connectivity index (χ0n) is 12.4. The van der Waals surface area contributed by atoms with Gasteiger partial charge in [-0.3, -0.25) is 19.2 Å². The van der Waals surface area contributed by atoms with Crippen molar-refractivity contribution in [3.05, 3.63) is 74.7 Å². The number of imidazole rings is 1. The van der Waals surface area contributed by atoms with E-state index in [2.05, 4.69) is 0 Å². The van der Waals surface area contributed by atoms with E-state index in [9.17, 15) is 20.0 Å². The highest BCUT2D eigenvalue weighted by Gasteiger charge is 2.17. The van der Waals surface area contributed by atoms with Crippen LogP contribution < -0.4 is 5.69 Å². The van der Waals surface area contributed by atoms with Crippen molar-refractivity contribution >= 4 is 16.7 Å². The highest BCUT2D eigenvalue weighted by molar-refractivity contribution is 5.75. The predicted octanol–water partition coefficient (Wildman–Crippen LogP) is 1.98. The molecule has 0 unspecified atom stereocenters. The van der Waals surface area contributed by atoms with Crippen LogP contribution in [-0.4, -0.2) is 19.2 Å². The molecule has 2 aromatic carbocycles. The summed E-state index contributed by atoms with van der Waals surface area (Å²) in [6, 6.07) is 13.1. The van der Waals surface area contributed by atoms with E-state index in [-0.39, 0.29) is 17.9 Å². The number of aryl methyl sites for hydroxylation is 1. The number of hydrogen-bond acceptors (Lipinski definition) is 4. The Morgan fingerprint density at radius 1 is 1.17 bits per heavy atom. The second-order valence-electron chi connectivity index (χ2n) is 5.31. The van der Waals surface area contributed by atoms with Gasteiger partial charge in [0.15, 0.2) is 0 Å². The highest BCUT2D eigenvalue weighted by atomic mass is 16.6. The van der Waals surface area contributed by atoms with Crippen LogP contribution in [0.5, 0.6) is 0 Å². The minimum absolute atomic E-state index is 0.0291. The lowest BCUT2D eigenvalue weighted by Gasteiger charge is -2.12. The van der Waals surface area contributed by atoms with E-state index in [1.54, 1.807) is 19.2 Å². The molecule has 1 atom stereocenters. The molecule has 3 aromatic rings. The Labute approximate surface area is 131 Å². The minimum atomic E-state index is -1.02. The van der Waals surface area contributed by atoms with Gasteiger partial charge in [-0.05, 0) is 17.7 Å². The molecule has 7 heteroatoms. The molecule has 0 spiro atoms. The van der Waals surface area contributed by atoms with Crippen molar-refractivity contribution in [3.8, 4) is 0 Å². The standard InChI is InChI=1S/C16H15N3O4/c1-17-13-7-2-3-8-14(13)18(16(17)21)10-15(20)11-5-4-6-12(9-11)19(22)23/h2-9,15,20H,10H2,1H3/t15-/m0/s1. The van der Waals surface area contributed by atoms with Crippen LogP contribution in [0, 0.1) is 10.1 Å². The number of aliphatic hydroxyl groups excluding tert-OH is 1. The van der Waals surface area contributed by atoms with Crippen molar-refractivity contribution in [2.45, 2.75) is 12.6 Å². The Balaban J connectivity index is 1.99. The van der Waals surface area contributed by atoms with Crippen molar-refractivity contribution in [3.63, 3.8) is 0 Å². The molecule has 1 heterocycles. The third kappa shape index (κ3) is 2.62. The van der Waals surface area contributed by atoms with Gasteiger partial charge in [0, 0.05) is 19.2 Å². The first kappa shape index (κ1) is 15.0. The smallest absolute Gasteiger partial charge is 0.328 e. The summed E-state index contributed by atoms with van der Waals surface area (Å²) in [6.07, 6.45) is -1.02. The third-order valence-corrected chi connectivity index (χ3v) is 3.87. The van der Waals surface area contributed by atoms with Crippen LogP contribution in [0.2, 0.25) is 0 Å². The molecule has 0 fully saturated rings. The molecule has 1 aromatic heterocycles. The summed E-state index contributed by atoms with van der Waals surface area (Å²) >= 11 is 0. The molecule has 0 radical (unpaired) electrons. The molecule has 23 heavy (non-hydrogen) atoms. The van der Waals surface area contributed by atoms with Crippen molar-refractivity contribution in [1.29, 1.82) is 0 Å². The summed E-state index contributed by atoms with van der Waals surface area (Å²) in [6.45, 7) is 0.0291. The van der Waals surface area contributed by atoms with Gasteiger partial charge in [0.25, 0.3) is 5.69 Å². The number of para-hydroxylation sites is 2. The zero-order chi connectivity index (χ0) is 16.6. The van der Waals surface area contributed by atoms with Gasteiger partial charge in [0.2, 0.25) is 0 Å². The van der Waals surface area contributed by atoms with E-state index >= 15 is 0 Å². The molecule has 0 amide bonds. The van der Waals surface area contributed by atoms with Crippen LogP contribution in [0.1, 0.15) is 11.7 Å². The first-order valence-electron chi connectivity index (χ1n) is 7.05. The van der Waals surface area contributed by atoms with Crippen molar-refractivity contribution in [1.82, 2.24) is 9.13 Å². The van der Waals surface area contributed by atoms with E-state index in [1.807, 2.05) is 18.2 Å². The number of rotatable bonds is 4. The number of fused-ring (bicyclic) bond motifs is 1. The third-order valence-electron chi connectivity index (χ3n) is 3.87. The monoisotopic (exact) mass is 313 g/mol. The van der Waals surface area contributed by atoms with Gasteiger partial charge >= 0.3 is 5.69 Å². The maximum atomic E-state index is 12.3. The molecule has 3 rings (SSSR count). The van der Waals surface area contributed by atoms with Gasteiger partial charge in [-0.2, -0.15) is 0 Å². The molecule has 1 N–H and O–H groups in total. The zero-order valence-corrected chi connectivity index (χ0v) is 12.4. The highest BCUT2D eigenvalue weighted by Crippen LogP contribution is 2.22. The van der Waals surface area contributed by atoms with Crippen molar-refractivity contribution < 1.29 is 10.0 Å². The molecule has 0 aliphatic heterocycles. The second-order valence-corrected chi connectivity index (χ2v) is 5.31. The topological polar surface area (TPSA) is 90.3 Å². The van der Waals surface area contributed by atoms with E-state index in [0.29, 0.717) is 11.1 Å². The predicted molar refractivity (Wildman–Crippen MR) is 85.2 cm³/mol. The fraction of sp³-hybridized carbons (Fsp3) is 0.188. The number of nitro benzene ring substituents is 1. The van der Waals surface area contributed by atoms with Gasteiger partial charge in [-0.25, -0.2) is 4.79 Å². The van der Waals surface area contributed by atoms with Crippen molar-refractivity contribution in [2.75, 3.05) is 0 Å². The SMILES string of the molecule is Cn1c(=O)n(C[C@H](O)c2cccc([N+](=O)[O-])c2)c2ccccc21. The number of nitrogens with zero attached hydrogens (tertiary/aromatic N) is 3. The molecule has 118 valence electrons. The van der Waals surface area contributed by atoms with E-state index < -0.39 is 11.0 Å². The maximum Gasteiger partial charge on any atom is 0.328 e. The van der Waals surface area contributed by atoms with Crippen LogP contribution in [0.4, 0.5) is 5.69 Å². The minimum Gasteiger partial charge on any atom is -0.387 e. The molecule has 7 nitrogen and oxygen atoms in total. The number of hydrogen-bond donors (Lipinski definition) is 1. The summed E-state index contributed by atoms with van der Waals surface area (Å²) in [7, 11) is 1.67. The molecule has 0 saturated carbocycles. The number of benzene rings is 2. The fourth-order valence-corrected chi connectivity index (χ4v) is 2.66. The van der Waals surface area contributed by atoms with E-state index in [4.69, 9.17) is 0 Å². The lowest BCUT2D eigenvalue weighted by atomic mass is 10.1. The Morgan fingerprint density at radius 3 is 2.57 bits per heavy atom. The van der Waals surface area contributed by atoms with Crippen LogP contribution >= 0.6 is 0 Å². The van der Waals surface area contributed by atoms with Gasteiger partial charge < -0.3 is 5.11 Å². The number of nitro groups is 1. The average molecular weight is 313 g/mol. The summed E-state index contributed by atoms with van der Waals surface area (Å²) in [4.78, 5) is 22.7. The maximum absolute atomic E-state index is 12.3. The molecule has 0 aliphatic carbocycles. The van der Waals surface area contributed by atoms with Gasteiger partial charge in [-0.1, -0.05) is 24.3 Å². The normalized spacial score (nSPS) is 12.4. The molecular formula is C16H15N3O4. The average Bonchev–Trinajstić information content (AvgIpc) is 2.80. The van der Waals surface area contributed by atoms with Crippen LogP contribution in [-0.2, 0) is 13.6 Å². The largest absolute Gasteiger partial charge is 0.387 e. The number of non-ortho nitro benzene ring substituents is 1. The summed E-state index contributed by atoms with van der Waals surface area (Å²) in [5, 5.41) is 21.2. The number of aromatic nitrogens is 2. The lowest BCUT2D eigenvalue weighted by Crippen LogP contribution is -2.24. The first-order chi connectivity index (χ1) is 11.0. The quantitative estimate of drug-likeness (QED) is 0.589. The second kappa shape index (κ2) is 5.69.